The van der Waals surface area contributed by atoms with Gasteiger partial charge in [0.25, 0.3) is 0 Å². The van der Waals surface area contributed by atoms with Crippen molar-refractivity contribution in [3.8, 4) is 0 Å². The zero-order valence-electron chi connectivity index (χ0n) is 8.38. The van der Waals surface area contributed by atoms with Crippen molar-refractivity contribution in [2.45, 2.75) is 19.8 Å². The van der Waals surface area contributed by atoms with Crippen LogP contribution in [0.25, 0.3) is 0 Å². The van der Waals surface area contributed by atoms with Crippen molar-refractivity contribution in [2.24, 2.45) is 0 Å². The van der Waals surface area contributed by atoms with E-state index in [1.807, 2.05) is 11.2 Å². The van der Waals surface area contributed by atoms with Crippen molar-refractivity contribution in [1.82, 2.24) is 4.90 Å². The van der Waals surface area contributed by atoms with E-state index in [9.17, 15) is 4.79 Å². The van der Waals surface area contributed by atoms with E-state index in [2.05, 4.69) is 22.9 Å². The second kappa shape index (κ2) is 8.88. The fourth-order valence-electron chi connectivity index (χ4n) is 1.03. The molecule has 0 radical (unpaired) electrons. The van der Waals surface area contributed by atoms with Crippen LogP contribution < -0.4 is 0 Å². The van der Waals surface area contributed by atoms with E-state index in [4.69, 9.17) is 0 Å². The molecule has 0 saturated heterocycles. The Morgan fingerprint density at radius 2 is 2.15 bits per heavy atom. The Hall–Kier alpha value is 0.300. The number of nitrogens with zero attached hydrogens (tertiary/aromatic N) is 1. The Morgan fingerprint density at radius 3 is 2.62 bits per heavy atom. The quantitative estimate of drug-likeness (QED) is 0.661. The van der Waals surface area contributed by atoms with Gasteiger partial charge in [0, 0.05) is 18.4 Å². The molecule has 0 heterocycles. The molecule has 0 unspecified atom stereocenters. The zero-order chi connectivity index (χ0) is 10.1. The van der Waals surface area contributed by atoms with Crippen LogP contribution in [0.5, 0.6) is 0 Å². The molecule has 0 rings (SSSR count). The Kier molecular flexibility index (Phi) is 9.08. The molecule has 0 N–H and O–H groups in total. The van der Waals surface area contributed by atoms with Crippen LogP contribution in [0.4, 0.5) is 0 Å². The van der Waals surface area contributed by atoms with Gasteiger partial charge in [-0.2, -0.15) is 11.8 Å². The van der Waals surface area contributed by atoms with Crippen molar-refractivity contribution in [3.05, 3.63) is 0 Å². The second-order valence-corrected chi connectivity index (χ2v) is 4.52. The predicted octanol–water partition coefficient (Wildman–Crippen LogP) is 2.37. The molecule has 78 valence electrons. The second-order valence-electron chi connectivity index (χ2n) is 2.86. The molecule has 0 aliphatic carbocycles. The monoisotopic (exact) mass is 267 g/mol. The number of amides is 1. The molecule has 2 nitrogen and oxygen atoms in total. The summed E-state index contributed by atoms with van der Waals surface area (Å²) >= 11 is 4.95. The summed E-state index contributed by atoms with van der Waals surface area (Å²) in [5.74, 6) is 0.872. The molecular formula is C9H18BrNOS. The highest BCUT2D eigenvalue weighted by molar-refractivity contribution is 9.09. The molecule has 4 heteroatoms. The Bertz CT molecular complexity index is 144. The number of halogens is 1. The van der Waals surface area contributed by atoms with Crippen LogP contribution in [0.15, 0.2) is 0 Å². The topological polar surface area (TPSA) is 20.3 Å². The number of thioether (sulfide) groups is 1. The van der Waals surface area contributed by atoms with Crippen molar-refractivity contribution in [3.63, 3.8) is 0 Å². The summed E-state index contributed by atoms with van der Waals surface area (Å²) in [5, 5.41) is 0.872. The molecule has 0 aliphatic rings. The minimum Gasteiger partial charge on any atom is -0.341 e. The van der Waals surface area contributed by atoms with Crippen LogP contribution in [0, 0.1) is 0 Å². The first-order valence-electron chi connectivity index (χ1n) is 4.59. The van der Waals surface area contributed by atoms with Crippen LogP contribution in [0.1, 0.15) is 19.8 Å². The maximum Gasteiger partial charge on any atom is 0.232 e. The van der Waals surface area contributed by atoms with E-state index in [1.165, 1.54) is 0 Å². The molecule has 0 aromatic carbocycles. The van der Waals surface area contributed by atoms with Crippen molar-refractivity contribution >= 4 is 33.6 Å². The fourth-order valence-corrected chi connectivity index (χ4v) is 1.88. The van der Waals surface area contributed by atoms with Gasteiger partial charge >= 0.3 is 0 Å². The average Bonchev–Trinajstić information content (AvgIpc) is 2.12. The number of alkyl halides is 1. The van der Waals surface area contributed by atoms with E-state index in [0.717, 1.165) is 31.3 Å². The molecule has 1 amide bonds. The minimum atomic E-state index is 0.264. The van der Waals surface area contributed by atoms with Crippen LogP contribution in [-0.2, 0) is 4.79 Å². The Morgan fingerprint density at radius 1 is 1.46 bits per heavy atom. The molecule has 0 aliphatic heterocycles. The SMILES string of the molecule is CCCCN(CCBr)C(=O)CSC. The number of hydrogen-bond acceptors (Lipinski definition) is 2. The van der Waals surface area contributed by atoms with Crippen molar-refractivity contribution in [1.29, 1.82) is 0 Å². The zero-order valence-corrected chi connectivity index (χ0v) is 10.8. The summed E-state index contributed by atoms with van der Waals surface area (Å²) in [5.41, 5.74) is 0. The van der Waals surface area contributed by atoms with Gasteiger partial charge in [-0.25, -0.2) is 0 Å². The fraction of sp³-hybridized carbons (Fsp3) is 0.889. The lowest BCUT2D eigenvalue weighted by molar-refractivity contribution is -0.128. The van der Waals surface area contributed by atoms with Crippen LogP contribution in [0.2, 0.25) is 0 Å². The summed E-state index contributed by atoms with van der Waals surface area (Å²) in [7, 11) is 0. The van der Waals surface area contributed by atoms with Crippen LogP contribution >= 0.6 is 27.7 Å². The third-order valence-electron chi connectivity index (χ3n) is 1.76. The number of rotatable bonds is 7. The van der Waals surface area contributed by atoms with Crippen LogP contribution in [-0.4, -0.2) is 41.2 Å². The highest BCUT2D eigenvalue weighted by atomic mass is 79.9. The molecule has 0 saturated carbocycles. The van der Waals surface area contributed by atoms with E-state index in [1.54, 1.807) is 11.8 Å². The van der Waals surface area contributed by atoms with Crippen LogP contribution in [0.3, 0.4) is 0 Å². The first-order chi connectivity index (χ1) is 6.26. The minimum absolute atomic E-state index is 0.264. The third-order valence-corrected chi connectivity index (χ3v) is 2.65. The van der Waals surface area contributed by atoms with E-state index >= 15 is 0 Å². The molecule has 0 aromatic rings. The lowest BCUT2D eigenvalue weighted by atomic mass is 10.3. The number of hydrogen-bond donors (Lipinski definition) is 0. The predicted molar refractivity (Wildman–Crippen MR) is 63.7 cm³/mol. The number of carbonyl (C=O) groups is 1. The van der Waals surface area contributed by atoms with E-state index in [0.29, 0.717) is 5.75 Å². The highest BCUT2D eigenvalue weighted by Gasteiger charge is 2.10. The van der Waals surface area contributed by atoms with E-state index in [-0.39, 0.29) is 5.91 Å². The standard InChI is InChI=1S/C9H18BrNOS/c1-3-4-6-11(7-5-10)9(12)8-13-2/h3-8H2,1-2H3. The molecule has 0 fully saturated rings. The highest BCUT2D eigenvalue weighted by Crippen LogP contribution is 2.01. The van der Waals surface area contributed by atoms with Gasteiger partial charge in [0.1, 0.15) is 0 Å². The average molecular weight is 268 g/mol. The van der Waals surface area contributed by atoms with Gasteiger partial charge in [0.05, 0.1) is 5.75 Å². The molecular weight excluding hydrogens is 250 g/mol. The molecule has 0 atom stereocenters. The first kappa shape index (κ1) is 13.3. The van der Waals surface area contributed by atoms with Gasteiger partial charge in [0.2, 0.25) is 5.91 Å². The lowest BCUT2D eigenvalue weighted by Gasteiger charge is -2.20. The normalized spacial score (nSPS) is 10.1. The molecule has 0 bridgehead atoms. The van der Waals surface area contributed by atoms with Gasteiger partial charge in [-0.1, -0.05) is 29.3 Å². The Balaban J connectivity index is 3.83. The summed E-state index contributed by atoms with van der Waals surface area (Å²) in [4.78, 5) is 13.5. The smallest absolute Gasteiger partial charge is 0.232 e. The van der Waals surface area contributed by atoms with Gasteiger partial charge in [-0.15, -0.1) is 0 Å². The van der Waals surface area contributed by atoms with E-state index < -0.39 is 0 Å². The van der Waals surface area contributed by atoms with Gasteiger partial charge in [-0.3, -0.25) is 4.79 Å². The summed E-state index contributed by atoms with van der Waals surface area (Å²) in [6.45, 7) is 3.88. The van der Waals surface area contributed by atoms with Gasteiger partial charge < -0.3 is 4.90 Å². The summed E-state index contributed by atoms with van der Waals surface area (Å²) in [6, 6.07) is 0. The lowest BCUT2D eigenvalue weighted by Crippen LogP contribution is -2.34. The van der Waals surface area contributed by atoms with Crippen molar-refractivity contribution < 1.29 is 4.79 Å². The third kappa shape index (κ3) is 6.38. The molecule has 13 heavy (non-hydrogen) atoms. The first-order valence-corrected chi connectivity index (χ1v) is 7.10. The van der Waals surface area contributed by atoms with Gasteiger partial charge in [-0.05, 0) is 12.7 Å². The molecule has 0 aromatic heterocycles. The number of carbonyl (C=O) groups excluding carboxylic acids is 1. The summed E-state index contributed by atoms with van der Waals surface area (Å²) < 4.78 is 0. The van der Waals surface area contributed by atoms with Crippen molar-refractivity contribution in [2.75, 3.05) is 30.4 Å². The Labute approximate surface area is 93.6 Å². The molecule has 0 spiro atoms. The maximum absolute atomic E-state index is 11.5. The maximum atomic E-state index is 11.5. The summed E-state index contributed by atoms with van der Waals surface area (Å²) in [6.07, 6.45) is 4.21. The number of unbranched alkanes of at least 4 members (excludes halogenated alkanes) is 1. The van der Waals surface area contributed by atoms with Gasteiger partial charge in [0.15, 0.2) is 0 Å². The largest absolute Gasteiger partial charge is 0.341 e.